The van der Waals surface area contributed by atoms with Crippen molar-refractivity contribution in [3.8, 4) is 5.69 Å². The van der Waals surface area contributed by atoms with Crippen LogP contribution in [0.25, 0.3) is 16.6 Å². The Morgan fingerprint density at radius 1 is 0.765 bits per heavy atom. The van der Waals surface area contributed by atoms with Crippen LogP contribution in [0.3, 0.4) is 0 Å². The van der Waals surface area contributed by atoms with Gasteiger partial charge < -0.3 is 4.57 Å². The molecule has 2 aromatic carbocycles. The zero-order chi connectivity index (χ0) is 11.2. The van der Waals surface area contributed by atoms with E-state index in [1.807, 2.05) is 0 Å². The molecular formula is C16H13N. The zero-order valence-corrected chi connectivity index (χ0v) is 9.56. The molecular weight excluding hydrogens is 206 g/mol. The minimum absolute atomic E-state index is 1.14. The Bertz CT molecular complexity index is 706. The Balaban J connectivity index is 2.16. The Hall–Kier alpha value is -2.02. The van der Waals surface area contributed by atoms with Gasteiger partial charge in [-0.2, -0.15) is 0 Å². The van der Waals surface area contributed by atoms with E-state index < -0.39 is 0 Å². The summed E-state index contributed by atoms with van der Waals surface area (Å²) < 4.78 is 2.34. The van der Waals surface area contributed by atoms with E-state index in [2.05, 4.69) is 59.3 Å². The summed E-state index contributed by atoms with van der Waals surface area (Å²) in [5.41, 5.74) is 5.63. The number of para-hydroxylation sites is 2. The summed E-state index contributed by atoms with van der Waals surface area (Å²) in [5.74, 6) is 0. The quantitative estimate of drug-likeness (QED) is 0.543. The molecule has 0 atom stereocenters. The van der Waals surface area contributed by atoms with Gasteiger partial charge in [-0.15, -0.1) is 0 Å². The summed E-state index contributed by atoms with van der Waals surface area (Å²) in [6.45, 7) is 0. The second-order valence-electron chi connectivity index (χ2n) is 4.67. The van der Waals surface area contributed by atoms with Crippen LogP contribution in [0.15, 0.2) is 54.7 Å². The van der Waals surface area contributed by atoms with Gasteiger partial charge in [0, 0.05) is 17.3 Å². The SMILES string of the molecule is c1ccc2c(c1)CCc1cccc3ccn-2c13. The lowest BCUT2D eigenvalue weighted by molar-refractivity contribution is 0.973. The van der Waals surface area contributed by atoms with E-state index in [1.54, 1.807) is 0 Å². The molecule has 0 unspecified atom stereocenters. The smallest absolute Gasteiger partial charge is 0.0560 e. The monoisotopic (exact) mass is 219 g/mol. The van der Waals surface area contributed by atoms with E-state index in [0.29, 0.717) is 0 Å². The van der Waals surface area contributed by atoms with Gasteiger partial charge in [0.25, 0.3) is 0 Å². The van der Waals surface area contributed by atoms with Crippen molar-refractivity contribution in [2.45, 2.75) is 12.8 Å². The highest BCUT2D eigenvalue weighted by molar-refractivity contribution is 5.86. The van der Waals surface area contributed by atoms with Crippen LogP contribution in [-0.2, 0) is 12.8 Å². The van der Waals surface area contributed by atoms with Gasteiger partial charge in [0.1, 0.15) is 0 Å². The number of rotatable bonds is 0. The highest BCUT2D eigenvalue weighted by Gasteiger charge is 2.14. The average Bonchev–Trinajstić information content (AvgIpc) is 2.73. The summed E-state index contributed by atoms with van der Waals surface area (Å²) in [4.78, 5) is 0. The van der Waals surface area contributed by atoms with Crippen LogP contribution in [0.1, 0.15) is 11.1 Å². The molecule has 0 saturated carbocycles. The number of fused-ring (bicyclic) bond motifs is 2. The summed E-state index contributed by atoms with van der Waals surface area (Å²) in [6.07, 6.45) is 4.47. The first kappa shape index (κ1) is 9.06. The lowest BCUT2D eigenvalue weighted by atomic mass is 10.0. The maximum atomic E-state index is 2.34. The number of nitrogens with zero attached hydrogens (tertiary/aromatic N) is 1. The minimum Gasteiger partial charge on any atom is -0.316 e. The molecule has 1 nitrogen and oxygen atoms in total. The molecule has 82 valence electrons. The van der Waals surface area contributed by atoms with Crippen LogP contribution in [-0.4, -0.2) is 4.57 Å². The topological polar surface area (TPSA) is 4.93 Å². The van der Waals surface area contributed by atoms with Gasteiger partial charge in [-0.3, -0.25) is 0 Å². The Morgan fingerprint density at radius 3 is 2.59 bits per heavy atom. The predicted molar refractivity (Wildman–Crippen MR) is 70.7 cm³/mol. The van der Waals surface area contributed by atoms with Gasteiger partial charge in [0.15, 0.2) is 0 Å². The number of aryl methyl sites for hydroxylation is 2. The molecule has 1 aromatic heterocycles. The van der Waals surface area contributed by atoms with Crippen molar-refractivity contribution in [1.82, 2.24) is 4.57 Å². The number of hydrogen-bond acceptors (Lipinski definition) is 0. The zero-order valence-electron chi connectivity index (χ0n) is 9.56. The Labute approximate surface area is 100 Å². The normalized spacial score (nSPS) is 13.4. The molecule has 3 aromatic rings. The molecule has 17 heavy (non-hydrogen) atoms. The van der Waals surface area contributed by atoms with Gasteiger partial charge in [-0.25, -0.2) is 0 Å². The molecule has 0 aliphatic carbocycles. The van der Waals surface area contributed by atoms with E-state index >= 15 is 0 Å². The predicted octanol–water partition coefficient (Wildman–Crippen LogP) is 3.73. The average molecular weight is 219 g/mol. The first-order valence-corrected chi connectivity index (χ1v) is 6.11. The summed E-state index contributed by atoms with van der Waals surface area (Å²) in [5, 5.41) is 1.35. The van der Waals surface area contributed by atoms with Crippen molar-refractivity contribution in [2.75, 3.05) is 0 Å². The fraction of sp³-hybridized carbons (Fsp3) is 0.125. The molecule has 0 spiro atoms. The van der Waals surface area contributed by atoms with Crippen molar-refractivity contribution in [3.05, 3.63) is 65.9 Å². The van der Waals surface area contributed by atoms with Crippen molar-refractivity contribution in [1.29, 1.82) is 0 Å². The molecule has 2 heterocycles. The molecule has 1 aliphatic heterocycles. The van der Waals surface area contributed by atoms with Crippen LogP contribution in [0.4, 0.5) is 0 Å². The van der Waals surface area contributed by atoms with Crippen LogP contribution in [0.5, 0.6) is 0 Å². The Kier molecular flexibility index (Phi) is 1.72. The molecule has 4 rings (SSSR count). The molecule has 1 aliphatic rings. The maximum absolute atomic E-state index is 2.34. The third-order valence-electron chi connectivity index (χ3n) is 3.71. The molecule has 0 bridgehead atoms. The van der Waals surface area contributed by atoms with Crippen LogP contribution >= 0.6 is 0 Å². The highest BCUT2D eigenvalue weighted by Crippen LogP contribution is 2.30. The van der Waals surface area contributed by atoms with Gasteiger partial charge in [-0.05, 0) is 36.1 Å². The molecule has 0 radical (unpaired) electrons. The Morgan fingerprint density at radius 2 is 1.59 bits per heavy atom. The summed E-state index contributed by atoms with van der Waals surface area (Å²) in [7, 11) is 0. The second-order valence-corrected chi connectivity index (χ2v) is 4.67. The van der Waals surface area contributed by atoms with Gasteiger partial charge >= 0.3 is 0 Å². The fourth-order valence-electron chi connectivity index (χ4n) is 2.90. The standard InChI is InChI=1S/C16H13N/c1-2-7-15-12(4-1)8-9-13-5-3-6-14-10-11-17(15)16(13)14/h1-7,10-11H,8-9H2. The van der Waals surface area contributed by atoms with Crippen molar-refractivity contribution in [3.63, 3.8) is 0 Å². The number of hydrogen-bond donors (Lipinski definition) is 0. The molecule has 1 heteroatoms. The molecule has 0 amide bonds. The highest BCUT2D eigenvalue weighted by atomic mass is 15.0. The van der Waals surface area contributed by atoms with E-state index in [0.717, 1.165) is 12.8 Å². The lowest BCUT2D eigenvalue weighted by Crippen LogP contribution is -1.94. The van der Waals surface area contributed by atoms with E-state index in [9.17, 15) is 0 Å². The molecule has 0 N–H and O–H groups in total. The third kappa shape index (κ3) is 1.19. The second kappa shape index (κ2) is 3.24. The molecule has 0 fully saturated rings. The number of benzene rings is 2. The van der Waals surface area contributed by atoms with Crippen LogP contribution in [0.2, 0.25) is 0 Å². The van der Waals surface area contributed by atoms with E-state index in [4.69, 9.17) is 0 Å². The maximum Gasteiger partial charge on any atom is 0.0560 e. The van der Waals surface area contributed by atoms with Crippen LogP contribution in [0, 0.1) is 0 Å². The largest absolute Gasteiger partial charge is 0.316 e. The first-order valence-electron chi connectivity index (χ1n) is 6.11. The van der Waals surface area contributed by atoms with E-state index in [-0.39, 0.29) is 0 Å². The van der Waals surface area contributed by atoms with E-state index in [1.165, 1.54) is 27.7 Å². The van der Waals surface area contributed by atoms with Crippen molar-refractivity contribution in [2.24, 2.45) is 0 Å². The minimum atomic E-state index is 1.14. The van der Waals surface area contributed by atoms with Crippen LogP contribution < -0.4 is 0 Å². The van der Waals surface area contributed by atoms with Gasteiger partial charge in [0.05, 0.1) is 5.52 Å². The fourth-order valence-corrected chi connectivity index (χ4v) is 2.90. The summed E-state index contributed by atoms with van der Waals surface area (Å²) >= 11 is 0. The van der Waals surface area contributed by atoms with Crippen molar-refractivity contribution < 1.29 is 0 Å². The third-order valence-corrected chi connectivity index (χ3v) is 3.71. The van der Waals surface area contributed by atoms with Gasteiger partial charge in [0.2, 0.25) is 0 Å². The summed E-state index contributed by atoms with van der Waals surface area (Å²) in [6, 6.07) is 17.5. The lowest BCUT2D eigenvalue weighted by Gasteiger charge is -2.08. The molecule has 0 saturated heterocycles. The number of aromatic nitrogens is 1. The van der Waals surface area contributed by atoms with Gasteiger partial charge in [-0.1, -0.05) is 36.4 Å². The van der Waals surface area contributed by atoms with Crippen molar-refractivity contribution >= 4 is 10.9 Å². The first-order chi connectivity index (χ1) is 8.43.